The summed E-state index contributed by atoms with van der Waals surface area (Å²) in [6.45, 7) is 2.13. The second-order valence-corrected chi connectivity index (χ2v) is 7.24. The predicted molar refractivity (Wildman–Crippen MR) is 119 cm³/mol. The first kappa shape index (κ1) is 22.0. The van der Waals surface area contributed by atoms with Gasteiger partial charge >= 0.3 is 0 Å². The molecule has 1 heterocycles. The zero-order valence-electron chi connectivity index (χ0n) is 17.8. The number of nitrogens with zero attached hydrogens (tertiary/aromatic N) is 2. The van der Waals surface area contributed by atoms with Gasteiger partial charge in [-0.05, 0) is 35.4 Å². The minimum atomic E-state index is -0.647. The lowest BCUT2D eigenvalue weighted by Gasteiger charge is -2.30. The van der Waals surface area contributed by atoms with Crippen LogP contribution in [0.3, 0.4) is 0 Å². The van der Waals surface area contributed by atoms with Gasteiger partial charge in [0.05, 0.1) is 19.3 Å². The Kier molecular flexibility index (Phi) is 7.76. The third kappa shape index (κ3) is 6.40. The van der Waals surface area contributed by atoms with E-state index in [1.54, 1.807) is 18.2 Å². The molecule has 31 heavy (non-hydrogen) atoms. The summed E-state index contributed by atoms with van der Waals surface area (Å²) in [5, 5.41) is 2.94. The highest BCUT2D eigenvalue weighted by Gasteiger charge is 2.28. The van der Waals surface area contributed by atoms with Crippen molar-refractivity contribution in [3.63, 3.8) is 0 Å². The van der Waals surface area contributed by atoms with Gasteiger partial charge in [-0.15, -0.1) is 0 Å². The molecule has 2 amide bonds. The molecular formula is C25H27N3O3. The van der Waals surface area contributed by atoms with Gasteiger partial charge in [0, 0.05) is 26.1 Å². The van der Waals surface area contributed by atoms with Crippen LogP contribution in [0.25, 0.3) is 0 Å². The van der Waals surface area contributed by atoms with Crippen molar-refractivity contribution in [2.75, 3.05) is 7.11 Å². The lowest BCUT2D eigenvalue weighted by molar-refractivity contribution is -0.139. The molecule has 0 aliphatic carbocycles. The van der Waals surface area contributed by atoms with Crippen molar-refractivity contribution in [1.29, 1.82) is 0 Å². The fraction of sp³-hybridized carbons (Fsp3) is 0.240. The summed E-state index contributed by atoms with van der Waals surface area (Å²) in [5.74, 6) is 0.370. The van der Waals surface area contributed by atoms with E-state index < -0.39 is 6.04 Å². The molecular weight excluding hydrogens is 390 g/mol. The number of pyridine rings is 1. The second kappa shape index (κ2) is 10.9. The summed E-state index contributed by atoms with van der Waals surface area (Å²) in [7, 11) is 1.61. The average Bonchev–Trinajstić information content (AvgIpc) is 2.81. The zero-order chi connectivity index (χ0) is 22.1. The number of amides is 2. The number of hydrogen-bond donors (Lipinski definition) is 1. The maximum Gasteiger partial charge on any atom is 0.243 e. The molecule has 6 nitrogen and oxygen atoms in total. The van der Waals surface area contributed by atoms with Crippen LogP contribution in [0.2, 0.25) is 0 Å². The summed E-state index contributed by atoms with van der Waals surface area (Å²) in [4.78, 5) is 31.7. The van der Waals surface area contributed by atoms with E-state index in [-0.39, 0.29) is 11.8 Å². The lowest BCUT2D eigenvalue weighted by atomic mass is 10.0. The van der Waals surface area contributed by atoms with Crippen LogP contribution in [0.4, 0.5) is 0 Å². The van der Waals surface area contributed by atoms with Gasteiger partial charge in [-0.25, -0.2) is 0 Å². The lowest BCUT2D eigenvalue weighted by Crippen LogP contribution is -2.49. The number of aromatic nitrogens is 1. The first-order chi connectivity index (χ1) is 15.1. The van der Waals surface area contributed by atoms with Gasteiger partial charge in [0.1, 0.15) is 11.8 Å². The number of nitrogens with one attached hydrogen (secondary N) is 1. The van der Waals surface area contributed by atoms with Gasteiger partial charge in [-0.1, -0.05) is 48.5 Å². The van der Waals surface area contributed by atoms with Crippen molar-refractivity contribution >= 4 is 11.8 Å². The van der Waals surface area contributed by atoms with Gasteiger partial charge in [-0.2, -0.15) is 0 Å². The van der Waals surface area contributed by atoms with E-state index >= 15 is 0 Å². The number of ether oxygens (including phenoxy) is 1. The number of carbonyl (C=O) groups excluding carboxylic acids is 2. The Bertz CT molecular complexity index is 976. The van der Waals surface area contributed by atoms with Crippen molar-refractivity contribution in [3.8, 4) is 5.75 Å². The highest BCUT2D eigenvalue weighted by atomic mass is 16.5. The third-order valence-electron chi connectivity index (χ3n) is 5.04. The molecule has 1 N–H and O–H groups in total. The molecule has 0 saturated heterocycles. The Morgan fingerprint density at radius 1 is 0.968 bits per heavy atom. The molecule has 3 rings (SSSR count). The highest BCUT2D eigenvalue weighted by Crippen LogP contribution is 2.17. The Morgan fingerprint density at radius 3 is 2.29 bits per heavy atom. The Morgan fingerprint density at radius 2 is 1.68 bits per heavy atom. The number of methoxy groups -OCH3 is 1. The molecule has 1 atom stereocenters. The fourth-order valence-corrected chi connectivity index (χ4v) is 3.35. The quantitative estimate of drug-likeness (QED) is 0.580. The molecule has 0 spiro atoms. The van der Waals surface area contributed by atoms with Crippen LogP contribution in [0, 0.1) is 0 Å². The number of hydrogen-bond acceptors (Lipinski definition) is 4. The van der Waals surface area contributed by atoms with Crippen LogP contribution in [-0.4, -0.2) is 34.8 Å². The van der Waals surface area contributed by atoms with E-state index in [1.165, 1.54) is 6.92 Å². The van der Waals surface area contributed by atoms with E-state index in [0.717, 1.165) is 22.6 Å². The van der Waals surface area contributed by atoms with Crippen LogP contribution in [0.15, 0.2) is 79.0 Å². The molecule has 1 aromatic heterocycles. The van der Waals surface area contributed by atoms with Crippen molar-refractivity contribution < 1.29 is 14.3 Å². The van der Waals surface area contributed by atoms with Crippen LogP contribution in [-0.2, 0) is 29.1 Å². The highest BCUT2D eigenvalue weighted by molar-refractivity contribution is 5.87. The second-order valence-electron chi connectivity index (χ2n) is 7.24. The van der Waals surface area contributed by atoms with E-state index in [4.69, 9.17) is 4.74 Å². The normalized spacial score (nSPS) is 11.4. The number of carbonyl (C=O) groups is 2. The minimum absolute atomic E-state index is 0.162. The van der Waals surface area contributed by atoms with Crippen molar-refractivity contribution in [3.05, 3.63) is 95.8 Å². The molecule has 2 aromatic carbocycles. The molecule has 6 heteroatoms. The van der Waals surface area contributed by atoms with Gasteiger partial charge in [-0.3, -0.25) is 14.6 Å². The maximum atomic E-state index is 13.2. The van der Waals surface area contributed by atoms with Gasteiger partial charge in [0.25, 0.3) is 0 Å². The summed E-state index contributed by atoms with van der Waals surface area (Å²) in [6.07, 6.45) is 2.11. The molecule has 3 aromatic rings. The topological polar surface area (TPSA) is 71.5 Å². The molecule has 160 valence electrons. The summed E-state index contributed by atoms with van der Waals surface area (Å²) in [6, 6.07) is 22.1. The number of rotatable bonds is 9. The smallest absolute Gasteiger partial charge is 0.243 e. The van der Waals surface area contributed by atoms with Crippen LogP contribution < -0.4 is 10.1 Å². The van der Waals surface area contributed by atoms with E-state index in [1.807, 2.05) is 72.8 Å². The van der Waals surface area contributed by atoms with Gasteiger partial charge in [0.15, 0.2) is 0 Å². The standard InChI is InChI=1S/C25H27N3O3/c1-19(29)28(18-21-11-13-23(31-2)14-12-21)24(16-20-8-4-3-5-9-20)25(30)27-17-22-10-6-7-15-26-22/h3-15,24H,16-18H2,1-2H3,(H,27,30)/t24-/m1/s1. The Balaban J connectivity index is 1.81. The van der Waals surface area contributed by atoms with E-state index in [0.29, 0.717) is 19.5 Å². The van der Waals surface area contributed by atoms with Crippen LogP contribution in [0.1, 0.15) is 23.7 Å². The molecule has 0 saturated carbocycles. The number of benzene rings is 2. The van der Waals surface area contributed by atoms with Crippen LogP contribution >= 0.6 is 0 Å². The third-order valence-corrected chi connectivity index (χ3v) is 5.04. The van der Waals surface area contributed by atoms with Gasteiger partial charge in [0.2, 0.25) is 11.8 Å². The monoisotopic (exact) mass is 417 g/mol. The predicted octanol–water partition coefficient (Wildman–Crippen LogP) is 3.37. The molecule has 0 radical (unpaired) electrons. The average molecular weight is 418 g/mol. The minimum Gasteiger partial charge on any atom is -0.497 e. The first-order valence-electron chi connectivity index (χ1n) is 10.2. The molecule has 0 fully saturated rings. The Labute approximate surface area is 182 Å². The summed E-state index contributed by atoms with van der Waals surface area (Å²) < 4.78 is 5.21. The van der Waals surface area contributed by atoms with Crippen molar-refractivity contribution in [2.24, 2.45) is 0 Å². The maximum absolute atomic E-state index is 13.2. The van der Waals surface area contributed by atoms with Crippen LogP contribution in [0.5, 0.6) is 5.75 Å². The largest absolute Gasteiger partial charge is 0.497 e. The summed E-state index contributed by atoms with van der Waals surface area (Å²) >= 11 is 0. The fourth-order valence-electron chi connectivity index (χ4n) is 3.35. The SMILES string of the molecule is COc1ccc(CN(C(C)=O)[C@H](Cc2ccccc2)C(=O)NCc2ccccn2)cc1. The molecule has 0 unspecified atom stereocenters. The summed E-state index contributed by atoms with van der Waals surface area (Å²) in [5.41, 5.74) is 2.67. The van der Waals surface area contributed by atoms with E-state index in [2.05, 4.69) is 10.3 Å². The first-order valence-corrected chi connectivity index (χ1v) is 10.2. The molecule has 0 aliphatic heterocycles. The Hall–Kier alpha value is -3.67. The van der Waals surface area contributed by atoms with Crippen molar-refractivity contribution in [2.45, 2.75) is 32.5 Å². The van der Waals surface area contributed by atoms with Gasteiger partial charge < -0.3 is 15.0 Å². The van der Waals surface area contributed by atoms with E-state index in [9.17, 15) is 9.59 Å². The molecule has 0 bridgehead atoms. The molecule has 0 aliphatic rings. The van der Waals surface area contributed by atoms with Crippen molar-refractivity contribution in [1.82, 2.24) is 15.2 Å². The zero-order valence-corrected chi connectivity index (χ0v) is 17.8.